The summed E-state index contributed by atoms with van der Waals surface area (Å²) < 4.78 is 61.3. The van der Waals surface area contributed by atoms with Crippen molar-refractivity contribution in [2.75, 3.05) is 6.61 Å². The molecule has 5 aliphatic heterocycles. The van der Waals surface area contributed by atoms with Crippen LogP contribution in [0.15, 0.2) is 0 Å². The second-order valence-electron chi connectivity index (χ2n) is 15.8. The van der Waals surface area contributed by atoms with E-state index in [0.29, 0.717) is 0 Å². The predicted molar refractivity (Wildman–Crippen MR) is 194 cm³/mol. The van der Waals surface area contributed by atoms with Crippen molar-refractivity contribution < 1.29 is 127 Å². The zero-order chi connectivity index (χ0) is 46.9. The van der Waals surface area contributed by atoms with Crippen LogP contribution in [0.3, 0.4) is 0 Å². The van der Waals surface area contributed by atoms with Gasteiger partial charge in [-0.25, -0.2) is 4.79 Å². The van der Waals surface area contributed by atoms with Crippen molar-refractivity contribution >= 4 is 23.8 Å². The molecule has 0 bridgehead atoms. The van der Waals surface area contributed by atoms with Gasteiger partial charge in [0, 0.05) is 20.8 Å². The van der Waals surface area contributed by atoms with E-state index >= 15 is 0 Å². The fraction of sp³-hybridized carbons (Fsp3) is 0.889. The summed E-state index contributed by atoms with van der Waals surface area (Å²) in [6.45, 7) is 6.06. The molecule has 1 amide bonds. The van der Waals surface area contributed by atoms with Gasteiger partial charge in [-0.15, -0.1) is 0 Å². The average molecular weight is 920 g/mol. The molecule has 0 spiro atoms. The number of esters is 2. The molecule has 0 aromatic rings. The first kappa shape index (κ1) is 51.1. The van der Waals surface area contributed by atoms with Crippen LogP contribution in [0.4, 0.5) is 0 Å². The molecule has 10 unspecified atom stereocenters. The largest absolute Gasteiger partial charge is 0.479 e. The summed E-state index contributed by atoms with van der Waals surface area (Å²) in [6.07, 6.45) is -43.4. The van der Waals surface area contributed by atoms with Gasteiger partial charge in [0.15, 0.2) is 55.9 Å². The van der Waals surface area contributed by atoms with E-state index in [1.165, 1.54) is 20.8 Å². The zero-order valence-electron chi connectivity index (χ0n) is 34.7. The minimum atomic E-state index is -2.31. The van der Waals surface area contributed by atoms with Crippen LogP contribution in [0.2, 0.25) is 0 Å². The number of carboxylic acid groups (broad SMARTS) is 1. The van der Waals surface area contributed by atoms with Gasteiger partial charge in [0.2, 0.25) is 5.91 Å². The molecule has 5 saturated heterocycles. The molecular weight excluding hydrogens is 862 g/mol. The molecule has 5 aliphatic rings. The Labute approximate surface area is 358 Å². The van der Waals surface area contributed by atoms with Crippen molar-refractivity contribution in [1.82, 2.24) is 5.32 Å². The molecule has 5 fully saturated rings. The zero-order valence-corrected chi connectivity index (χ0v) is 34.7. The van der Waals surface area contributed by atoms with E-state index in [1.807, 2.05) is 0 Å². The predicted octanol–water partition coefficient (Wildman–Crippen LogP) is -7.46. The van der Waals surface area contributed by atoms with Crippen LogP contribution in [0, 0.1) is 0 Å². The second kappa shape index (κ2) is 21.2. The van der Waals surface area contributed by atoms with E-state index in [2.05, 4.69) is 5.32 Å². The van der Waals surface area contributed by atoms with Gasteiger partial charge in [0.05, 0.1) is 24.9 Å². The summed E-state index contributed by atoms with van der Waals surface area (Å²) in [5.41, 5.74) is 0. The van der Waals surface area contributed by atoms with E-state index in [4.69, 9.17) is 52.1 Å². The molecule has 27 nitrogen and oxygen atoms in total. The summed E-state index contributed by atoms with van der Waals surface area (Å²) in [5.74, 6) is -4.46. The van der Waals surface area contributed by atoms with Crippen LogP contribution >= 0.6 is 0 Å². The van der Waals surface area contributed by atoms with Crippen LogP contribution in [-0.2, 0) is 71.3 Å². The number of aliphatic carboxylic acids is 1. The maximum atomic E-state index is 12.7. The molecule has 5 heterocycles. The number of nitrogens with one attached hydrogen (secondary N) is 1. The third-order valence-electron chi connectivity index (χ3n) is 11.1. The van der Waals surface area contributed by atoms with Crippen LogP contribution < -0.4 is 5.32 Å². The van der Waals surface area contributed by atoms with E-state index in [9.17, 15) is 75.3 Å². The second-order valence-corrected chi connectivity index (χ2v) is 15.8. The Morgan fingerprint density at radius 1 is 0.492 bits per heavy atom. The molecule has 25 atom stereocenters. The number of hydrogen-bond donors (Lipinski definition) is 12. The maximum absolute atomic E-state index is 12.7. The van der Waals surface area contributed by atoms with Gasteiger partial charge in [0.25, 0.3) is 0 Å². The summed E-state index contributed by atoms with van der Waals surface area (Å²) in [5, 5.41) is 122. The van der Waals surface area contributed by atoms with Gasteiger partial charge in [-0.1, -0.05) is 0 Å². The number of aliphatic hydroxyl groups is 10. The van der Waals surface area contributed by atoms with Crippen molar-refractivity contribution in [3.63, 3.8) is 0 Å². The van der Waals surface area contributed by atoms with E-state index in [1.54, 1.807) is 0 Å². The van der Waals surface area contributed by atoms with E-state index < -0.39 is 184 Å². The normalized spacial score (nSPS) is 48.2. The minimum absolute atomic E-state index is 0.822. The van der Waals surface area contributed by atoms with E-state index in [0.717, 1.165) is 20.8 Å². The van der Waals surface area contributed by atoms with Gasteiger partial charge in [-0.05, 0) is 20.8 Å². The van der Waals surface area contributed by atoms with E-state index in [-0.39, 0.29) is 0 Å². The highest BCUT2D eigenvalue weighted by molar-refractivity contribution is 5.74. The smallest absolute Gasteiger partial charge is 0.335 e. The number of rotatable bonds is 13. The highest BCUT2D eigenvalue weighted by atomic mass is 16.8. The molecule has 0 aromatic carbocycles. The molecule has 5 rings (SSSR count). The molecule has 0 saturated carbocycles. The third kappa shape index (κ3) is 11.2. The number of carboxylic acids is 1. The molecule has 0 radical (unpaired) electrons. The molecule has 63 heavy (non-hydrogen) atoms. The van der Waals surface area contributed by atoms with Gasteiger partial charge < -0.3 is 114 Å². The third-order valence-corrected chi connectivity index (χ3v) is 11.1. The lowest BCUT2D eigenvalue weighted by molar-refractivity contribution is -0.389. The fourth-order valence-electron chi connectivity index (χ4n) is 7.83. The number of aliphatic hydroxyl groups excluding tert-OH is 10. The number of carbonyl (C=O) groups is 4. The lowest BCUT2D eigenvalue weighted by atomic mass is 9.94. The molecule has 12 N–H and O–H groups in total. The maximum Gasteiger partial charge on any atom is 0.335 e. The highest BCUT2D eigenvalue weighted by Crippen LogP contribution is 2.36. The highest BCUT2D eigenvalue weighted by Gasteiger charge is 2.58. The molecule has 27 heteroatoms. The SMILES string of the molecule is CC(=O)N[C@H]1C(O[C@@H]2OC(C(=O)O)[C@H](O[C@@H]3O[C@@H](C)[C@H](O)C(O)C3O[C@@H]3O[C@@H](C)[C@H](O)C(OC(C)=O)C3O)C(O)[C@@H]2O)[C@@H](O)C(CO)O[C@H]1O[C@H]1C(OC(C)=O)[C@@H](O)C(C)O[C@H]1O. The Balaban J connectivity index is 1.40. The van der Waals surface area contributed by atoms with Gasteiger partial charge in [0.1, 0.15) is 79.3 Å². The Morgan fingerprint density at radius 3 is 1.57 bits per heavy atom. The van der Waals surface area contributed by atoms with Crippen LogP contribution in [0.1, 0.15) is 41.5 Å². The van der Waals surface area contributed by atoms with Gasteiger partial charge in [-0.3, -0.25) is 14.4 Å². The van der Waals surface area contributed by atoms with Crippen LogP contribution in [0.5, 0.6) is 0 Å². The topological polar surface area (TPSA) is 404 Å². The van der Waals surface area contributed by atoms with Crippen molar-refractivity contribution in [3.8, 4) is 0 Å². The first-order chi connectivity index (χ1) is 29.5. The van der Waals surface area contributed by atoms with Crippen molar-refractivity contribution in [1.29, 1.82) is 0 Å². The standard InChI is InChI=1S/C36H57NO26/c1-8-16(42)20(46)28(61-35-23(49)25(56-12(5)40)17(43)10(3)54-35)36(55-8)60-27-21(47)22(48)34(62-29(27)31(50)51)59-24-15(37-11(4)39)33(58-14(7-38)19(24)45)63-30-26(57-13(6)41)18(44)9(2)53-32(30)52/h8-10,14-30,32-36,38,42-49,52H,7H2,1-6H3,(H,37,39)(H,50,51)/t8-,9?,10-,14?,15-,16-,17-,18-,19-,20?,21?,22-,23?,24?,25?,26?,27+,28?,29?,30-,32+,33-,34+,35-,36-/m0/s1. The van der Waals surface area contributed by atoms with Gasteiger partial charge in [-0.2, -0.15) is 0 Å². The number of carbonyl (C=O) groups excluding carboxylic acids is 3. The Hall–Kier alpha value is -2.88. The van der Waals surface area contributed by atoms with Crippen LogP contribution in [-0.4, -0.2) is 240 Å². The lowest BCUT2D eigenvalue weighted by Crippen LogP contribution is -2.70. The molecule has 0 aliphatic carbocycles. The number of ether oxygens (including phenoxy) is 11. The summed E-state index contributed by atoms with van der Waals surface area (Å²) in [6, 6.07) is -1.71. The molecular formula is C36H57NO26. The Bertz CT molecular complexity index is 1580. The Morgan fingerprint density at radius 2 is 0.984 bits per heavy atom. The Kier molecular flexibility index (Phi) is 17.2. The first-order valence-electron chi connectivity index (χ1n) is 19.9. The average Bonchev–Trinajstić information content (AvgIpc) is 3.20. The first-order valence-corrected chi connectivity index (χ1v) is 19.9. The number of hydrogen-bond acceptors (Lipinski definition) is 25. The summed E-state index contributed by atoms with van der Waals surface area (Å²) >= 11 is 0. The minimum Gasteiger partial charge on any atom is -0.479 e. The summed E-state index contributed by atoms with van der Waals surface area (Å²) in [4.78, 5) is 48.9. The summed E-state index contributed by atoms with van der Waals surface area (Å²) in [7, 11) is 0. The van der Waals surface area contributed by atoms with Crippen molar-refractivity contribution in [3.05, 3.63) is 0 Å². The number of amides is 1. The monoisotopic (exact) mass is 919 g/mol. The van der Waals surface area contributed by atoms with Crippen molar-refractivity contribution in [2.24, 2.45) is 0 Å². The molecule has 362 valence electrons. The quantitative estimate of drug-likeness (QED) is 0.0764. The van der Waals surface area contributed by atoms with Crippen molar-refractivity contribution in [2.45, 2.75) is 195 Å². The van der Waals surface area contributed by atoms with Crippen LogP contribution in [0.25, 0.3) is 0 Å². The fourth-order valence-corrected chi connectivity index (χ4v) is 7.83. The van der Waals surface area contributed by atoms with Gasteiger partial charge >= 0.3 is 17.9 Å². The molecule has 0 aromatic heterocycles. The lowest BCUT2D eigenvalue weighted by Gasteiger charge is -2.50.